The van der Waals surface area contributed by atoms with Crippen molar-refractivity contribution < 1.29 is 0 Å². The maximum atomic E-state index is 5.52. The van der Waals surface area contributed by atoms with E-state index in [9.17, 15) is 0 Å². The Morgan fingerprint density at radius 3 is 2.71 bits per heavy atom. The van der Waals surface area contributed by atoms with E-state index in [-0.39, 0.29) is 0 Å². The molecule has 2 aromatic rings. The molecule has 0 bridgehead atoms. The van der Waals surface area contributed by atoms with Crippen LogP contribution < -0.4 is 5.73 Å². The molecule has 0 fully saturated rings. The van der Waals surface area contributed by atoms with Crippen molar-refractivity contribution in [2.75, 3.05) is 0 Å². The van der Waals surface area contributed by atoms with Crippen LogP contribution in [-0.4, -0.2) is 9.97 Å². The molecule has 17 heavy (non-hydrogen) atoms. The van der Waals surface area contributed by atoms with Gasteiger partial charge in [-0.15, -0.1) is 23.1 Å². The van der Waals surface area contributed by atoms with Gasteiger partial charge in [-0.2, -0.15) is 0 Å². The first kappa shape index (κ1) is 12.5. The first-order valence-corrected chi connectivity index (χ1v) is 7.36. The minimum absolute atomic E-state index is 0.368. The minimum atomic E-state index is 0.368. The van der Waals surface area contributed by atoms with Crippen LogP contribution in [0.25, 0.3) is 0 Å². The van der Waals surface area contributed by atoms with E-state index < -0.39 is 0 Å². The van der Waals surface area contributed by atoms with Crippen molar-refractivity contribution in [1.29, 1.82) is 0 Å². The summed E-state index contributed by atoms with van der Waals surface area (Å²) in [6, 6.07) is 8.49. The highest BCUT2D eigenvalue weighted by Gasteiger charge is 2.04. The Hall–Kier alpha value is -0.910. The van der Waals surface area contributed by atoms with E-state index in [0.717, 1.165) is 16.5 Å². The van der Waals surface area contributed by atoms with Crippen LogP contribution in [0.15, 0.2) is 34.5 Å². The Balaban J connectivity index is 1.97. The average Bonchev–Trinajstić information content (AvgIpc) is 2.77. The van der Waals surface area contributed by atoms with Gasteiger partial charge >= 0.3 is 0 Å². The van der Waals surface area contributed by atoms with Gasteiger partial charge in [0.15, 0.2) is 0 Å². The van der Waals surface area contributed by atoms with Crippen LogP contribution in [0.3, 0.4) is 0 Å². The number of hydrogen-bond donors (Lipinski definition) is 1. The van der Waals surface area contributed by atoms with Gasteiger partial charge in [0.25, 0.3) is 0 Å². The Morgan fingerprint density at radius 2 is 2.12 bits per heavy atom. The molecule has 0 saturated carbocycles. The number of thiazole rings is 1. The fraction of sp³-hybridized carbons (Fsp3) is 0.167. The van der Waals surface area contributed by atoms with Gasteiger partial charge in [-0.05, 0) is 19.1 Å². The fourth-order valence-corrected chi connectivity index (χ4v) is 3.16. The number of benzene rings is 1. The lowest BCUT2D eigenvalue weighted by molar-refractivity contribution is 1.24. The van der Waals surface area contributed by atoms with Crippen molar-refractivity contribution in [3.8, 4) is 0 Å². The summed E-state index contributed by atoms with van der Waals surface area (Å²) < 4.78 is 0. The molecular weight excluding hydrogens is 268 g/mol. The fourth-order valence-electron chi connectivity index (χ4n) is 1.27. The Kier molecular flexibility index (Phi) is 4.15. The molecule has 1 aromatic carbocycles. The van der Waals surface area contributed by atoms with Crippen LogP contribution in [0.4, 0.5) is 0 Å². The summed E-state index contributed by atoms with van der Waals surface area (Å²) in [6.45, 7) is 2.09. The van der Waals surface area contributed by atoms with Crippen LogP contribution in [0, 0.1) is 6.92 Å². The summed E-state index contributed by atoms with van der Waals surface area (Å²) in [7, 11) is 0. The number of nitrogens with zero attached hydrogens (tertiary/aromatic N) is 1. The van der Waals surface area contributed by atoms with Gasteiger partial charge < -0.3 is 5.73 Å². The van der Waals surface area contributed by atoms with Crippen molar-refractivity contribution in [1.82, 2.24) is 4.98 Å². The highest BCUT2D eigenvalue weighted by Crippen LogP contribution is 2.24. The Morgan fingerprint density at radius 1 is 1.41 bits per heavy atom. The van der Waals surface area contributed by atoms with Gasteiger partial charge in [0.2, 0.25) is 0 Å². The third kappa shape index (κ3) is 3.52. The highest BCUT2D eigenvalue weighted by molar-refractivity contribution is 7.98. The first-order valence-electron chi connectivity index (χ1n) is 5.09. The summed E-state index contributed by atoms with van der Waals surface area (Å²) in [5, 5.41) is 2.96. The smallest absolute Gasteiger partial charge is 0.123 e. The summed E-state index contributed by atoms with van der Waals surface area (Å²) >= 11 is 8.25. The molecule has 0 spiro atoms. The number of thioether (sulfide) groups is 1. The number of aromatic nitrogens is 1. The molecule has 0 saturated heterocycles. The van der Waals surface area contributed by atoms with E-state index in [1.54, 1.807) is 23.1 Å². The highest BCUT2D eigenvalue weighted by atomic mass is 32.2. The lowest BCUT2D eigenvalue weighted by Crippen LogP contribution is -2.09. The molecule has 88 valence electrons. The second-order valence-electron chi connectivity index (χ2n) is 3.59. The van der Waals surface area contributed by atoms with E-state index in [2.05, 4.69) is 36.2 Å². The molecule has 0 amide bonds. The quantitative estimate of drug-likeness (QED) is 0.688. The lowest BCUT2D eigenvalue weighted by Gasteiger charge is -1.99. The van der Waals surface area contributed by atoms with Crippen LogP contribution in [0.1, 0.15) is 16.3 Å². The maximum Gasteiger partial charge on any atom is 0.123 e. The second-order valence-corrected chi connectivity index (χ2v) is 6.02. The van der Waals surface area contributed by atoms with Crippen LogP contribution in [0.5, 0.6) is 0 Å². The van der Waals surface area contributed by atoms with Gasteiger partial charge in [-0.25, -0.2) is 4.98 Å². The second kappa shape index (κ2) is 5.62. The van der Waals surface area contributed by atoms with Crippen molar-refractivity contribution in [3.05, 3.63) is 45.9 Å². The molecule has 5 heteroatoms. The minimum Gasteiger partial charge on any atom is -0.388 e. The summed E-state index contributed by atoms with van der Waals surface area (Å²) in [4.78, 5) is 5.99. The van der Waals surface area contributed by atoms with E-state index in [1.165, 1.54) is 10.5 Å². The topological polar surface area (TPSA) is 38.9 Å². The normalized spacial score (nSPS) is 10.4. The van der Waals surface area contributed by atoms with Gasteiger partial charge in [0, 0.05) is 10.3 Å². The zero-order valence-corrected chi connectivity index (χ0v) is 11.8. The van der Waals surface area contributed by atoms with Crippen molar-refractivity contribution in [2.24, 2.45) is 5.73 Å². The molecule has 1 aromatic heterocycles. The van der Waals surface area contributed by atoms with Gasteiger partial charge in [-0.1, -0.05) is 29.9 Å². The van der Waals surface area contributed by atoms with Crippen LogP contribution in [-0.2, 0) is 5.75 Å². The zero-order chi connectivity index (χ0) is 12.3. The number of aryl methyl sites for hydroxylation is 1. The largest absolute Gasteiger partial charge is 0.388 e. The van der Waals surface area contributed by atoms with E-state index in [1.807, 2.05) is 5.38 Å². The van der Waals surface area contributed by atoms with Gasteiger partial charge in [-0.3, -0.25) is 0 Å². The predicted molar refractivity (Wildman–Crippen MR) is 78.7 cm³/mol. The number of hydrogen-bond acceptors (Lipinski definition) is 4. The van der Waals surface area contributed by atoms with Crippen LogP contribution in [0.2, 0.25) is 0 Å². The standard InChI is InChI=1S/C12H12N2S3/c1-8-2-4-9(5-3-8)16-7-11-14-10(6-17-11)12(13)15/h2-6H,7H2,1H3,(H2,13,15). The molecule has 0 aliphatic carbocycles. The van der Waals surface area contributed by atoms with E-state index >= 15 is 0 Å². The lowest BCUT2D eigenvalue weighted by atomic mass is 10.2. The Labute approximate surface area is 114 Å². The first-order chi connectivity index (χ1) is 8.15. The molecule has 2 nitrogen and oxygen atoms in total. The Bertz CT molecular complexity index is 517. The third-order valence-electron chi connectivity index (χ3n) is 2.19. The van der Waals surface area contributed by atoms with Crippen LogP contribution >= 0.6 is 35.3 Å². The molecular formula is C12H12N2S3. The monoisotopic (exact) mass is 280 g/mol. The van der Waals surface area contributed by atoms with Crippen molar-refractivity contribution in [3.63, 3.8) is 0 Å². The molecule has 0 unspecified atom stereocenters. The molecule has 1 heterocycles. The predicted octanol–water partition coefficient (Wildman–Crippen LogP) is 3.38. The third-order valence-corrected chi connectivity index (χ3v) is 4.45. The number of rotatable bonds is 4. The maximum absolute atomic E-state index is 5.52. The van der Waals surface area contributed by atoms with Gasteiger partial charge in [0.1, 0.15) is 15.7 Å². The number of nitrogens with two attached hydrogens (primary N) is 1. The average molecular weight is 280 g/mol. The molecule has 0 aliphatic rings. The number of thiocarbonyl (C=S) groups is 1. The van der Waals surface area contributed by atoms with E-state index in [4.69, 9.17) is 18.0 Å². The molecule has 0 radical (unpaired) electrons. The van der Waals surface area contributed by atoms with Crippen molar-refractivity contribution >= 4 is 40.3 Å². The summed E-state index contributed by atoms with van der Waals surface area (Å²) in [6.07, 6.45) is 0. The molecule has 2 N–H and O–H groups in total. The molecule has 0 atom stereocenters. The van der Waals surface area contributed by atoms with Crippen molar-refractivity contribution in [2.45, 2.75) is 17.6 Å². The summed E-state index contributed by atoms with van der Waals surface area (Å²) in [5.74, 6) is 0.857. The molecule has 0 aliphatic heterocycles. The zero-order valence-electron chi connectivity index (χ0n) is 9.34. The molecule has 2 rings (SSSR count). The summed E-state index contributed by atoms with van der Waals surface area (Å²) in [5.41, 5.74) is 7.52. The van der Waals surface area contributed by atoms with Gasteiger partial charge in [0.05, 0.1) is 5.75 Å². The van der Waals surface area contributed by atoms with E-state index in [0.29, 0.717) is 4.99 Å². The SMILES string of the molecule is Cc1ccc(SCc2nc(C(N)=S)cs2)cc1.